The number of nitrogens with one attached hydrogen (secondary N) is 2. The van der Waals surface area contributed by atoms with Gasteiger partial charge in [-0.25, -0.2) is 0 Å². The fourth-order valence-corrected chi connectivity index (χ4v) is 0.716. The van der Waals surface area contributed by atoms with Gasteiger partial charge in [0.15, 0.2) is 0 Å². The fourth-order valence-electron chi connectivity index (χ4n) is 0.716. The molecule has 11 heavy (non-hydrogen) atoms. The van der Waals surface area contributed by atoms with Crippen molar-refractivity contribution in [3.8, 4) is 0 Å². The van der Waals surface area contributed by atoms with Gasteiger partial charge in [0.05, 0.1) is 19.2 Å². The second-order valence-corrected chi connectivity index (χ2v) is 2.39. The summed E-state index contributed by atoms with van der Waals surface area (Å²) in [5.74, 6) is -0.0756. The van der Waals surface area contributed by atoms with Crippen LogP contribution in [0.25, 0.3) is 0 Å². The van der Waals surface area contributed by atoms with Crippen molar-refractivity contribution in [2.45, 2.75) is 19.4 Å². The van der Waals surface area contributed by atoms with Crippen molar-refractivity contribution in [2.75, 3.05) is 20.2 Å². The normalized spacial score (nSPS) is 12.6. The molecule has 66 valence electrons. The Morgan fingerprint density at radius 1 is 1.64 bits per heavy atom. The Balaban J connectivity index is 3.54. The van der Waals surface area contributed by atoms with Gasteiger partial charge in [0, 0.05) is 0 Å². The zero-order valence-electron chi connectivity index (χ0n) is 7.05. The van der Waals surface area contributed by atoms with E-state index in [2.05, 4.69) is 10.6 Å². The van der Waals surface area contributed by atoms with Crippen LogP contribution in [0.3, 0.4) is 0 Å². The van der Waals surface area contributed by atoms with Crippen molar-refractivity contribution in [2.24, 2.45) is 0 Å². The number of carbonyl (C=O) groups is 1. The Kier molecular flexibility index (Phi) is 5.78. The second-order valence-electron chi connectivity index (χ2n) is 2.39. The lowest BCUT2D eigenvalue weighted by atomic mass is 10.2. The number of hydrogen-bond donors (Lipinski definition) is 3. The predicted octanol–water partition coefficient (Wildman–Crippen LogP) is -0.907. The van der Waals surface area contributed by atoms with Crippen LogP contribution >= 0.6 is 0 Å². The van der Waals surface area contributed by atoms with Gasteiger partial charge in [0.1, 0.15) is 0 Å². The highest BCUT2D eigenvalue weighted by atomic mass is 16.3. The van der Waals surface area contributed by atoms with Gasteiger partial charge >= 0.3 is 0 Å². The molecule has 0 fully saturated rings. The van der Waals surface area contributed by atoms with E-state index in [4.69, 9.17) is 5.11 Å². The van der Waals surface area contributed by atoms with Gasteiger partial charge in [-0.05, 0) is 13.5 Å². The van der Waals surface area contributed by atoms with E-state index >= 15 is 0 Å². The zero-order valence-corrected chi connectivity index (χ0v) is 7.05. The molecule has 0 aliphatic carbocycles. The van der Waals surface area contributed by atoms with E-state index in [1.165, 1.54) is 0 Å². The van der Waals surface area contributed by atoms with Gasteiger partial charge in [0.2, 0.25) is 5.91 Å². The van der Waals surface area contributed by atoms with Crippen LogP contribution in [0.4, 0.5) is 0 Å². The molecule has 0 aliphatic rings. The smallest absolute Gasteiger partial charge is 0.234 e. The number of amides is 1. The minimum atomic E-state index is -0.101. The number of aliphatic hydroxyl groups excluding tert-OH is 1. The standard InChI is InChI=1S/C7H16N2O2/c1-3-6(5-10)9-7(11)4-8-2/h6,8,10H,3-5H2,1-2H3,(H,9,11). The van der Waals surface area contributed by atoms with E-state index in [0.29, 0.717) is 6.54 Å². The Bertz CT molecular complexity index is 113. The molecule has 0 aromatic carbocycles. The molecule has 0 saturated heterocycles. The molecule has 4 heteroatoms. The number of carbonyl (C=O) groups excluding carboxylic acids is 1. The molecule has 0 aliphatic heterocycles. The number of hydrogen-bond acceptors (Lipinski definition) is 3. The summed E-state index contributed by atoms with van der Waals surface area (Å²) in [5.41, 5.74) is 0. The van der Waals surface area contributed by atoms with Crippen molar-refractivity contribution >= 4 is 5.91 Å². The molecule has 0 heterocycles. The van der Waals surface area contributed by atoms with Gasteiger partial charge in [-0.3, -0.25) is 4.79 Å². The molecule has 4 nitrogen and oxygen atoms in total. The summed E-state index contributed by atoms with van der Waals surface area (Å²) in [4.78, 5) is 10.9. The van der Waals surface area contributed by atoms with Crippen LogP contribution in [-0.2, 0) is 4.79 Å². The molecular weight excluding hydrogens is 144 g/mol. The van der Waals surface area contributed by atoms with Crippen LogP contribution in [0.2, 0.25) is 0 Å². The van der Waals surface area contributed by atoms with Gasteiger partial charge in [0.25, 0.3) is 0 Å². The van der Waals surface area contributed by atoms with Crippen LogP contribution in [0.15, 0.2) is 0 Å². The molecule has 1 amide bonds. The molecule has 0 spiro atoms. The van der Waals surface area contributed by atoms with Gasteiger partial charge in [-0.15, -0.1) is 0 Å². The van der Waals surface area contributed by atoms with E-state index < -0.39 is 0 Å². The summed E-state index contributed by atoms with van der Waals surface area (Å²) in [6.07, 6.45) is 0.756. The molecule has 0 rings (SSSR count). The van der Waals surface area contributed by atoms with Crippen molar-refractivity contribution in [3.05, 3.63) is 0 Å². The van der Waals surface area contributed by atoms with Crippen molar-refractivity contribution in [3.63, 3.8) is 0 Å². The summed E-state index contributed by atoms with van der Waals surface area (Å²) < 4.78 is 0. The Hall–Kier alpha value is -0.610. The molecule has 0 bridgehead atoms. The summed E-state index contributed by atoms with van der Waals surface area (Å²) in [5, 5.41) is 14.1. The summed E-state index contributed by atoms with van der Waals surface area (Å²) in [6.45, 7) is 2.23. The number of aliphatic hydroxyl groups is 1. The quantitative estimate of drug-likeness (QED) is 0.488. The zero-order chi connectivity index (χ0) is 8.69. The SMILES string of the molecule is CCC(CO)NC(=O)CNC. The first-order valence-electron chi connectivity index (χ1n) is 3.79. The van der Waals surface area contributed by atoms with Gasteiger partial charge in [-0.2, -0.15) is 0 Å². The molecule has 1 atom stereocenters. The first-order valence-corrected chi connectivity index (χ1v) is 3.79. The maximum atomic E-state index is 10.9. The van der Waals surface area contributed by atoms with Crippen LogP contribution in [0, 0.1) is 0 Å². The van der Waals surface area contributed by atoms with Crippen molar-refractivity contribution in [1.29, 1.82) is 0 Å². The maximum Gasteiger partial charge on any atom is 0.234 e. The Morgan fingerprint density at radius 3 is 2.64 bits per heavy atom. The predicted molar refractivity (Wildman–Crippen MR) is 43.2 cm³/mol. The molecule has 0 aromatic heterocycles. The van der Waals surface area contributed by atoms with Crippen LogP contribution in [0.5, 0.6) is 0 Å². The average Bonchev–Trinajstić information content (AvgIpc) is 2.01. The van der Waals surface area contributed by atoms with Crippen LogP contribution in [-0.4, -0.2) is 37.3 Å². The Labute approximate surface area is 67.0 Å². The monoisotopic (exact) mass is 160 g/mol. The molecule has 0 radical (unpaired) electrons. The van der Waals surface area contributed by atoms with Crippen LogP contribution < -0.4 is 10.6 Å². The first-order chi connectivity index (χ1) is 5.24. The minimum Gasteiger partial charge on any atom is -0.394 e. The summed E-state index contributed by atoms with van der Waals surface area (Å²) >= 11 is 0. The van der Waals surface area contributed by atoms with E-state index in [1.807, 2.05) is 6.92 Å². The maximum absolute atomic E-state index is 10.9. The third-order valence-electron chi connectivity index (χ3n) is 1.42. The molecule has 3 N–H and O–H groups in total. The van der Waals surface area contributed by atoms with Crippen molar-refractivity contribution < 1.29 is 9.90 Å². The lowest BCUT2D eigenvalue weighted by molar-refractivity contribution is -0.121. The van der Waals surface area contributed by atoms with E-state index in [-0.39, 0.29) is 18.6 Å². The highest BCUT2D eigenvalue weighted by Crippen LogP contribution is 1.87. The average molecular weight is 160 g/mol. The highest BCUT2D eigenvalue weighted by Gasteiger charge is 2.06. The number of likely N-dealkylation sites (N-methyl/N-ethyl adjacent to an activating group) is 1. The topological polar surface area (TPSA) is 61.4 Å². The summed E-state index contributed by atoms with van der Waals surface area (Å²) in [7, 11) is 1.71. The third kappa shape index (κ3) is 4.75. The molecule has 0 saturated carbocycles. The van der Waals surface area contributed by atoms with Crippen molar-refractivity contribution in [1.82, 2.24) is 10.6 Å². The Morgan fingerprint density at radius 2 is 2.27 bits per heavy atom. The largest absolute Gasteiger partial charge is 0.394 e. The molecule has 0 aromatic rings. The first kappa shape index (κ1) is 10.4. The minimum absolute atomic E-state index is 0.00591. The summed E-state index contributed by atoms with van der Waals surface area (Å²) in [6, 6.07) is -0.101. The van der Waals surface area contributed by atoms with E-state index in [1.54, 1.807) is 7.05 Å². The molecule has 1 unspecified atom stereocenters. The van der Waals surface area contributed by atoms with Gasteiger partial charge < -0.3 is 15.7 Å². The van der Waals surface area contributed by atoms with Gasteiger partial charge in [-0.1, -0.05) is 6.92 Å². The van der Waals surface area contributed by atoms with E-state index in [0.717, 1.165) is 6.42 Å². The third-order valence-corrected chi connectivity index (χ3v) is 1.42. The number of rotatable bonds is 5. The van der Waals surface area contributed by atoms with Crippen LogP contribution in [0.1, 0.15) is 13.3 Å². The van der Waals surface area contributed by atoms with E-state index in [9.17, 15) is 4.79 Å². The highest BCUT2D eigenvalue weighted by molar-refractivity contribution is 5.78. The second kappa shape index (κ2) is 6.12. The fraction of sp³-hybridized carbons (Fsp3) is 0.857. The molecular formula is C7H16N2O2. The lowest BCUT2D eigenvalue weighted by Gasteiger charge is -2.13. The lowest BCUT2D eigenvalue weighted by Crippen LogP contribution is -2.41.